The SMILES string of the molecule is Cc1cnc2ccc(CC(C)(C)CC(=O)O)cc2c1. The Morgan fingerprint density at radius 3 is 2.74 bits per heavy atom. The molecule has 2 aromatic rings. The molecule has 2 rings (SSSR count). The van der Waals surface area contributed by atoms with Gasteiger partial charge in [0.15, 0.2) is 0 Å². The van der Waals surface area contributed by atoms with Gasteiger partial charge in [0.1, 0.15) is 0 Å². The van der Waals surface area contributed by atoms with E-state index in [-0.39, 0.29) is 11.8 Å². The van der Waals surface area contributed by atoms with Gasteiger partial charge in [-0.3, -0.25) is 9.78 Å². The van der Waals surface area contributed by atoms with Gasteiger partial charge >= 0.3 is 5.97 Å². The lowest BCUT2D eigenvalue weighted by Gasteiger charge is -2.22. The van der Waals surface area contributed by atoms with E-state index >= 15 is 0 Å². The van der Waals surface area contributed by atoms with Crippen LogP contribution in [0.15, 0.2) is 30.5 Å². The predicted molar refractivity (Wildman–Crippen MR) is 76.2 cm³/mol. The summed E-state index contributed by atoms with van der Waals surface area (Å²) in [6.45, 7) is 5.99. The highest BCUT2D eigenvalue weighted by atomic mass is 16.4. The number of fused-ring (bicyclic) bond motifs is 1. The Kier molecular flexibility index (Phi) is 3.56. The average molecular weight is 257 g/mol. The molecule has 0 aliphatic heterocycles. The van der Waals surface area contributed by atoms with Gasteiger partial charge in [-0.05, 0) is 48.1 Å². The number of hydrogen-bond acceptors (Lipinski definition) is 2. The molecule has 1 heterocycles. The number of carboxylic acid groups (broad SMARTS) is 1. The molecule has 0 aliphatic carbocycles. The minimum Gasteiger partial charge on any atom is -0.481 e. The number of aliphatic carboxylic acids is 1. The number of aromatic nitrogens is 1. The Bertz CT molecular complexity index is 617. The van der Waals surface area contributed by atoms with E-state index in [1.165, 1.54) is 0 Å². The van der Waals surface area contributed by atoms with Crippen LogP contribution in [0.5, 0.6) is 0 Å². The zero-order chi connectivity index (χ0) is 14.0. The van der Waals surface area contributed by atoms with Crippen LogP contribution >= 0.6 is 0 Å². The largest absolute Gasteiger partial charge is 0.481 e. The maximum Gasteiger partial charge on any atom is 0.303 e. The first kappa shape index (κ1) is 13.5. The lowest BCUT2D eigenvalue weighted by molar-refractivity contribution is -0.139. The highest BCUT2D eigenvalue weighted by Crippen LogP contribution is 2.27. The zero-order valence-electron chi connectivity index (χ0n) is 11.6. The molecule has 19 heavy (non-hydrogen) atoms. The number of rotatable bonds is 4. The van der Waals surface area contributed by atoms with Gasteiger partial charge in [-0.25, -0.2) is 0 Å². The normalized spacial score (nSPS) is 11.7. The third-order valence-electron chi connectivity index (χ3n) is 3.19. The summed E-state index contributed by atoms with van der Waals surface area (Å²) in [6.07, 6.45) is 2.79. The topological polar surface area (TPSA) is 50.2 Å². The van der Waals surface area contributed by atoms with Gasteiger partial charge in [-0.2, -0.15) is 0 Å². The van der Waals surface area contributed by atoms with Crippen molar-refractivity contribution in [2.75, 3.05) is 0 Å². The van der Waals surface area contributed by atoms with Gasteiger partial charge in [0.2, 0.25) is 0 Å². The first-order chi connectivity index (χ1) is 8.85. The monoisotopic (exact) mass is 257 g/mol. The van der Waals surface area contributed by atoms with E-state index < -0.39 is 5.97 Å². The summed E-state index contributed by atoms with van der Waals surface area (Å²) in [5, 5.41) is 10.0. The molecular weight excluding hydrogens is 238 g/mol. The summed E-state index contributed by atoms with van der Waals surface area (Å²) >= 11 is 0. The van der Waals surface area contributed by atoms with Crippen molar-refractivity contribution in [2.24, 2.45) is 5.41 Å². The second-order valence-electron chi connectivity index (χ2n) is 5.95. The van der Waals surface area contributed by atoms with Crippen LogP contribution in [0, 0.1) is 12.3 Å². The van der Waals surface area contributed by atoms with Crippen molar-refractivity contribution in [1.82, 2.24) is 4.98 Å². The number of nitrogens with zero attached hydrogens (tertiary/aromatic N) is 1. The molecule has 0 spiro atoms. The van der Waals surface area contributed by atoms with Gasteiger partial charge in [-0.15, -0.1) is 0 Å². The molecule has 0 saturated heterocycles. The number of benzene rings is 1. The minimum atomic E-state index is -0.747. The third kappa shape index (κ3) is 3.53. The van der Waals surface area contributed by atoms with Crippen molar-refractivity contribution in [1.29, 1.82) is 0 Å². The van der Waals surface area contributed by atoms with Crippen LogP contribution in [0.2, 0.25) is 0 Å². The van der Waals surface area contributed by atoms with Crippen molar-refractivity contribution >= 4 is 16.9 Å². The molecule has 0 aliphatic rings. The van der Waals surface area contributed by atoms with E-state index in [0.717, 1.165) is 28.5 Å². The quantitative estimate of drug-likeness (QED) is 0.910. The molecule has 1 aromatic heterocycles. The molecule has 0 saturated carbocycles. The van der Waals surface area contributed by atoms with E-state index in [4.69, 9.17) is 5.11 Å². The summed E-state index contributed by atoms with van der Waals surface area (Å²) < 4.78 is 0. The van der Waals surface area contributed by atoms with Crippen LogP contribution in [0.1, 0.15) is 31.4 Å². The molecule has 1 aromatic carbocycles. The Morgan fingerprint density at radius 1 is 1.32 bits per heavy atom. The van der Waals surface area contributed by atoms with Crippen LogP contribution in [-0.2, 0) is 11.2 Å². The van der Waals surface area contributed by atoms with E-state index in [9.17, 15) is 4.79 Å². The molecular formula is C16H19NO2. The van der Waals surface area contributed by atoms with E-state index in [1.54, 1.807) is 0 Å². The van der Waals surface area contributed by atoms with E-state index in [1.807, 2.05) is 39.1 Å². The Hall–Kier alpha value is -1.90. The van der Waals surface area contributed by atoms with Gasteiger partial charge in [0.25, 0.3) is 0 Å². The maximum absolute atomic E-state index is 10.9. The predicted octanol–water partition coefficient (Wildman–Crippen LogP) is 3.59. The van der Waals surface area contributed by atoms with Crippen molar-refractivity contribution in [3.63, 3.8) is 0 Å². The molecule has 0 amide bonds. The maximum atomic E-state index is 10.9. The van der Waals surface area contributed by atoms with E-state index in [2.05, 4.69) is 17.1 Å². The fourth-order valence-corrected chi connectivity index (χ4v) is 2.43. The molecule has 0 unspecified atom stereocenters. The highest BCUT2D eigenvalue weighted by Gasteiger charge is 2.22. The molecule has 3 nitrogen and oxygen atoms in total. The van der Waals surface area contributed by atoms with Crippen LogP contribution in [-0.4, -0.2) is 16.1 Å². The van der Waals surface area contributed by atoms with Crippen LogP contribution in [0.4, 0.5) is 0 Å². The molecule has 0 radical (unpaired) electrons. The van der Waals surface area contributed by atoms with Crippen molar-refractivity contribution in [3.8, 4) is 0 Å². The molecule has 3 heteroatoms. The van der Waals surface area contributed by atoms with Crippen molar-refractivity contribution in [2.45, 2.75) is 33.6 Å². The second-order valence-corrected chi connectivity index (χ2v) is 5.95. The Morgan fingerprint density at radius 2 is 2.05 bits per heavy atom. The minimum absolute atomic E-state index is 0.178. The Labute approximate surface area is 113 Å². The lowest BCUT2D eigenvalue weighted by atomic mass is 9.82. The summed E-state index contributed by atoms with van der Waals surface area (Å²) in [5.74, 6) is -0.747. The van der Waals surface area contributed by atoms with E-state index in [0.29, 0.717) is 0 Å². The summed E-state index contributed by atoms with van der Waals surface area (Å²) in [6, 6.07) is 8.25. The fourth-order valence-electron chi connectivity index (χ4n) is 2.43. The van der Waals surface area contributed by atoms with Crippen LogP contribution < -0.4 is 0 Å². The zero-order valence-corrected chi connectivity index (χ0v) is 11.6. The summed E-state index contributed by atoms with van der Waals surface area (Å²) in [4.78, 5) is 15.2. The number of aryl methyl sites for hydroxylation is 1. The first-order valence-electron chi connectivity index (χ1n) is 6.43. The number of carbonyl (C=O) groups is 1. The summed E-state index contributed by atoms with van der Waals surface area (Å²) in [5.41, 5.74) is 3.03. The second kappa shape index (κ2) is 5.00. The smallest absolute Gasteiger partial charge is 0.303 e. The third-order valence-corrected chi connectivity index (χ3v) is 3.19. The van der Waals surface area contributed by atoms with Crippen molar-refractivity contribution < 1.29 is 9.90 Å². The lowest BCUT2D eigenvalue weighted by Crippen LogP contribution is -2.19. The van der Waals surface area contributed by atoms with Crippen LogP contribution in [0.3, 0.4) is 0 Å². The number of pyridine rings is 1. The number of carboxylic acids is 1. The average Bonchev–Trinajstić information content (AvgIpc) is 2.25. The van der Waals surface area contributed by atoms with Gasteiger partial charge < -0.3 is 5.11 Å². The molecule has 0 fully saturated rings. The molecule has 0 atom stereocenters. The van der Waals surface area contributed by atoms with Gasteiger partial charge in [-0.1, -0.05) is 19.9 Å². The molecule has 0 bridgehead atoms. The Balaban J connectivity index is 2.28. The summed E-state index contributed by atoms with van der Waals surface area (Å²) in [7, 11) is 0. The molecule has 1 N–H and O–H groups in total. The molecule has 100 valence electrons. The first-order valence-corrected chi connectivity index (χ1v) is 6.43. The van der Waals surface area contributed by atoms with Gasteiger partial charge in [0, 0.05) is 11.6 Å². The highest BCUT2D eigenvalue weighted by molar-refractivity contribution is 5.79. The number of hydrogen-bond donors (Lipinski definition) is 1. The fraction of sp³-hybridized carbons (Fsp3) is 0.375. The van der Waals surface area contributed by atoms with Crippen LogP contribution in [0.25, 0.3) is 10.9 Å². The van der Waals surface area contributed by atoms with Crippen molar-refractivity contribution in [3.05, 3.63) is 41.6 Å². The van der Waals surface area contributed by atoms with Gasteiger partial charge in [0.05, 0.1) is 11.9 Å². The standard InChI is InChI=1S/C16H19NO2/c1-11-6-13-7-12(4-5-14(13)17-10-11)8-16(2,3)9-15(18)19/h4-7,10H,8-9H2,1-3H3,(H,18,19).